The molecule has 0 aliphatic carbocycles. The van der Waals surface area contributed by atoms with Crippen LogP contribution in [-0.2, 0) is 0 Å². The van der Waals surface area contributed by atoms with E-state index in [1.165, 1.54) is 18.3 Å². The van der Waals surface area contributed by atoms with Crippen molar-refractivity contribution in [2.75, 3.05) is 6.61 Å². The molecule has 0 aliphatic rings. The zero-order chi connectivity index (χ0) is 17.5. The van der Waals surface area contributed by atoms with Gasteiger partial charge in [-0.3, -0.25) is 14.9 Å². The molecule has 1 N–H and O–H groups in total. The first-order valence-corrected chi connectivity index (χ1v) is 7.39. The predicted octanol–water partition coefficient (Wildman–Crippen LogP) is 3.41. The first-order chi connectivity index (χ1) is 11.5. The second kappa shape index (κ2) is 8.07. The number of nitrogens with one attached hydrogen (secondary N) is 1. The van der Waals surface area contributed by atoms with Crippen LogP contribution in [0.25, 0.3) is 0 Å². The number of hydrogen-bond acceptors (Lipinski definition) is 5. The lowest BCUT2D eigenvalue weighted by molar-refractivity contribution is -0.384. The lowest BCUT2D eigenvalue weighted by atomic mass is 10.2. The second-order valence-corrected chi connectivity index (χ2v) is 5.03. The molecule has 2 aromatic carbocycles. The number of hydrogen-bond donors (Lipinski definition) is 1. The molecule has 0 atom stereocenters. The second-order valence-electron chi connectivity index (χ2n) is 4.62. The monoisotopic (exact) mass is 347 g/mol. The Labute approximate surface area is 143 Å². The van der Waals surface area contributed by atoms with Crippen LogP contribution in [0.15, 0.2) is 47.6 Å². The molecule has 2 rings (SSSR count). The Kier molecular flexibility index (Phi) is 5.86. The summed E-state index contributed by atoms with van der Waals surface area (Å²) in [5, 5.41) is 14.6. The number of nitro benzene ring substituents is 1. The number of benzene rings is 2. The molecule has 7 nitrogen and oxygen atoms in total. The van der Waals surface area contributed by atoms with Crippen molar-refractivity contribution in [2.45, 2.75) is 6.92 Å². The number of rotatable bonds is 6. The molecule has 0 radical (unpaired) electrons. The van der Waals surface area contributed by atoms with E-state index in [-0.39, 0.29) is 10.7 Å². The van der Waals surface area contributed by atoms with Gasteiger partial charge in [-0.05, 0) is 37.3 Å². The molecule has 0 aliphatic heterocycles. The largest absolute Gasteiger partial charge is 0.494 e. The number of carbonyl (C=O) groups is 1. The van der Waals surface area contributed by atoms with E-state index in [1.54, 1.807) is 30.3 Å². The molecule has 2 aromatic rings. The number of amides is 1. The third-order valence-corrected chi connectivity index (χ3v) is 3.29. The van der Waals surface area contributed by atoms with Crippen molar-refractivity contribution in [1.82, 2.24) is 5.43 Å². The summed E-state index contributed by atoms with van der Waals surface area (Å²) in [6, 6.07) is 10.8. The molecule has 0 saturated heterocycles. The van der Waals surface area contributed by atoms with E-state index in [9.17, 15) is 14.9 Å². The van der Waals surface area contributed by atoms with Crippen LogP contribution in [0.4, 0.5) is 5.69 Å². The van der Waals surface area contributed by atoms with Gasteiger partial charge in [0, 0.05) is 17.2 Å². The Morgan fingerprint density at radius 3 is 2.67 bits per heavy atom. The fourth-order valence-corrected chi connectivity index (χ4v) is 2.04. The van der Waals surface area contributed by atoms with E-state index >= 15 is 0 Å². The van der Waals surface area contributed by atoms with Gasteiger partial charge in [0.25, 0.3) is 11.6 Å². The predicted molar refractivity (Wildman–Crippen MR) is 90.8 cm³/mol. The minimum atomic E-state index is -0.585. The lowest BCUT2D eigenvalue weighted by Gasteiger charge is -2.04. The molecular formula is C16H14ClN3O4. The maximum atomic E-state index is 11.9. The average Bonchev–Trinajstić information content (AvgIpc) is 2.57. The van der Waals surface area contributed by atoms with Gasteiger partial charge in [-0.25, -0.2) is 5.43 Å². The van der Waals surface area contributed by atoms with Gasteiger partial charge in [0.05, 0.1) is 17.7 Å². The topological polar surface area (TPSA) is 93.8 Å². The highest BCUT2D eigenvalue weighted by molar-refractivity contribution is 6.32. The zero-order valence-electron chi connectivity index (χ0n) is 12.7. The first kappa shape index (κ1) is 17.4. The van der Waals surface area contributed by atoms with Crippen LogP contribution in [0.3, 0.4) is 0 Å². The molecule has 124 valence electrons. The minimum Gasteiger partial charge on any atom is -0.494 e. The van der Waals surface area contributed by atoms with Crippen LogP contribution in [0, 0.1) is 10.1 Å². The van der Waals surface area contributed by atoms with Gasteiger partial charge in [0.2, 0.25) is 0 Å². The highest BCUT2D eigenvalue weighted by Gasteiger charge is 2.12. The van der Waals surface area contributed by atoms with Crippen molar-refractivity contribution < 1.29 is 14.5 Å². The first-order valence-electron chi connectivity index (χ1n) is 7.01. The van der Waals surface area contributed by atoms with Crippen molar-refractivity contribution in [2.24, 2.45) is 5.10 Å². The number of hydrazone groups is 1. The molecule has 8 heteroatoms. The van der Waals surface area contributed by atoms with E-state index in [0.717, 1.165) is 0 Å². The van der Waals surface area contributed by atoms with Crippen molar-refractivity contribution in [3.63, 3.8) is 0 Å². The summed E-state index contributed by atoms with van der Waals surface area (Å²) in [6.45, 7) is 2.42. The number of ether oxygens (including phenoxy) is 1. The molecule has 0 unspecified atom stereocenters. The van der Waals surface area contributed by atoms with E-state index in [0.29, 0.717) is 23.5 Å². The molecule has 0 saturated carbocycles. The quantitative estimate of drug-likeness (QED) is 0.492. The van der Waals surface area contributed by atoms with Crippen LogP contribution >= 0.6 is 11.6 Å². The zero-order valence-corrected chi connectivity index (χ0v) is 13.5. The summed E-state index contributed by atoms with van der Waals surface area (Å²) < 4.78 is 5.29. The standard InChI is InChI=1S/C16H14ClN3O4/c1-2-24-13-6-4-12(5-7-13)16(21)19-18-10-11-3-8-14(17)15(9-11)20(22)23/h3-10H,2H2,1H3,(H,19,21)/b18-10+. The van der Waals surface area contributed by atoms with Crippen molar-refractivity contribution in [3.05, 3.63) is 68.7 Å². The van der Waals surface area contributed by atoms with Crippen LogP contribution in [0.2, 0.25) is 5.02 Å². The Morgan fingerprint density at radius 1 is 1.33 bits per heavy atom. The van der Waals surface area contributed by atoms with Gasteiger partial charge in [0.15, 0.2) is 0 Å². The highest BCUT2D eigenvalue weighted by atomic mass is 35.5. The molecule has 0 bridgehead atoms. The van der Waals surface area contributed by atoms with Gasteiger partial charge in [-0.1, -0.05) is 17.7 Å². The number of carbonyl (C=O) groups excluding carboxylic acids is 1. The van der Waals surface area contributed by atoms with Gasteiger partial charge >= 0.3 is 0 Å². The lowest BCUT2D eigenvalue weighted by Crippen LogP contribution is -2.17. The molecule has 24 heavy (non-hydrogen) atoms. The van der Waals surface area contributed by atoms with Crippen LogP contribution in [0.1, 0.15) is 22.8 Å². The molecule has 0 aromatic heterocycles. The maximum absolute atomic E-state index is 11.9. The summed E-state index contributed by atoms with van der Waals surface area (Å²) in [5.74, 6) is 0.267. The Bertz CT molecular complexity index is 775. The maximum Gasteiger partial charge on any atom is 0.288 e. The third-order valence-electron chi connectivity index (χ3n) is 2.97. The fourth-order valence-electron chi connectivity index (χ4n) is 1.85. The van der Waals surface area contributed by atoms with Crippen molar-refractivity contribution >= 4 is 29.4 Å². The van der Waals surface area contributed by atoms with Crippen molar-refractivity contribution in [1.29, 1.82) is 0 Å². The van der Waals surface area contributed by atoms with Crippen LogP contribution < -0.4 is 10.2 Å². The molecule has 0 heterocycles. The van der Waals surface area contributed by atoms with E-state index in [1.807, 2.05) is 6.92 Å². The Balaban J connectivity index is 2.02. The smallest absolute Gasteiger partial charge is 0.288 e. The molecular weight excluding hydrogens is 334 g/mol. The number of nitrogens with zero attached hydrogens (tertiary/aromatic N) is 2. The number of halogens is 1. The van der Waals surface area contributed by atoms with E-state index in [2.05, 4.69) is 10.5 Å². The highest BCUT2D eigenvalue weighted by Crippen LogP contribution is 2.24. The van der Waals surface area contributed by atoms with Crippen molar-refractivity contribution in [3.8, 4) is 5.75 Å². The van der Waals surface area contributed by atoms with E-state index in [4.69, 9.17) is 16.3 Å². The fraction of sp³-hybridized carbons (Fsp3) is 0.125. The average molecular weight is 348 g/mol. The molecule has 0 fully saturated rings. The summed E-state index contributed by atoms with van der Waals surface area (Å²) in [7, 11) is 0. The summed E-state index contributed by atoms with van der Waals surface area (Å²) in [4.78, 5) is 22.2. The van der Waals surface area contributed by atoms with Crippen LogP contribution in [0.5, 0.6) is 5.75 Å². The summed E-state index contributed by atoms with van der Waals surface area (Å²) in [6.07, 6.45) is 1.30. The molecule has 0 spiro atoms. The van der Waals surface area contributed by atoms with Gasteiger partial charge in [-0.15, -0.1) is 0 Å². The minimum absolute atomic E-state index is 0.0376. The summed E-state index contributed by atoms with van der Waals surface area (Å²) >= 11 is 5.72. The van der Waals surface area contributed by atoms with Gasteiger partial charge < -0.3 is 4.74 Å². The molecule has 1 amide bonds. The van der Waals surface area contributed by atoms with Crippen LogP contribution in [-0.4, -0.2) is 23.7 Å². The van der Waals surface area contributed by atoms with E-state index < -0.39 is 10.8 Å². The normalized spacial score (nSPS) is 10.6. The number of nitro groups is 1. The van der Waals surface area contributed by atoms with Gasteiger partial charge in [0.1, 0.15) is 10.8 Å². The SMILES string of the molecule is CCOc1ccc(C(=O)N/N=C/c2ccc(Cl)c([N+](=O)[O-])c2)cc1. The van der Waals surface area contributed by atoms with Gasteiger partial charge in [-0.2, -0.15) is 5.10 Å². The Hall–Kier alpha value is -2.93. The summed E-state index contributed by atoms with van der Waals surface area (Å²) in [5.41, 5.74) is 2.98. The Morgan fingerprint density at radius 2 is 2.04 bits per heavy atom. The third kappa shape index (κ3) is 4.53.